The lowest BCUT2D eigenvalue weighted by Gasteiger charge is -2.47. The second kappa shape index (κ2) is 75.4. The standard InChI is InChI=1S/C94H178N2O25P2/c1-7-13-19-25-31-37-38-44-50-56-62-68-84(103)115-78(66-60-54-48-42-35-29-23-17-11-5)72-86(105)119-92-88(96-82(101)71-77(65-59-53-47-41-34-28-22-16-10-4)114-83(102)67-61-55-49-43-36-30-24-18-12-6)93(116-79(73-97)90(92)120-122(107,108)109)113-74-80-89(106)91(118-85(104)70-76(99)64-58-52-46-40-33-27-21-15-9-3)87(94(117-80)121-123(110,111)112)95-81(100)69-75(98)63-57-51-45-39-32-26-20-14-8-2/h75-80,87-94,97-99,106H,7-74H2,1-6H3,(H,95,100)(H,96,101)(H2,107,108,109)(H2,110,111,112)/t75-,76-,77-,78-,79?,80?,87?,88?,89-,90-,91-,92-,93-,94-/m1/s1. The molecule has 0 radical (unpaired) electrons. The molecule has 4 unspecified atom stereocenters. The van der Waals surface area contributed by atoms with Crippen molar-refractivity contribution in [3.05, 3.63) is 0 Å². The fourth-order valence-electron chi connectivity index (χ4n) is 16.6. The third-order valence-electron chi connectivity index (χ3n) is 23.9. The summed E-state index contributed by atoms with van der Waals surface area (Å²) < 4.78 is 80.1. The molecule has 2 aliphatic rings. The molecule has 0 aliphatic carbocycles. The Labute approximate surface area is 742 Å². The Kier molecular flexibility index (Phi) is 71.0. The number of ether oxygens (including phenoxy) is 7. The second-order valence-electron chi connectivity index (χ2n) is 35.5. The number of aliphatic hydroxyl groups is 4. The van der Waals surface area contributed by atoms with E-state index in [9.17, 15) is 68.3 Å². The van der Waals surface area contributed by atoms with Gasteiger partial charge in [0.05, 0.1) is 51.1 Å². The lowest BCUT2D eigenvalue weighted by Crippen LogP contribution is -2.68. The van der Waals surface area contributed by atoms with Gasteiger partial charge in [0, 0.05) is 12.8 Å². The molecule has 123 heavy (non-hydrogen) atoms. The van der Waals surface area contributed by atoms with Gasteiger partial charge in [-0.25, -0.2) is 9.13 Å². The van der Waals surface area contributed by atoms with Gasteiger partial charge < -0.3 is 83.8 Å². The summed E-state index contributed by atoms with van der Waals surface area (Å²) in [5.74, 6) is -5.04. The number of nitrogens with one attached hydrogen (secondary N) is 2. The van der Waals surface area contributed by atoms with Gasteiger partial charge in [0.2, 0.25) is 11.8 Å². The van der Waals surface area contributed by atoms with Crippen LogP contribution in [0.5, 0.6) is 0 Å². The summed E-state index contributed by atoms with van der Waals surface area (Å²) in [5.41, 5.74) is 0. The van der Waals surface area contributed by atoms with Crippen LogP contribution in [0.25, 0.3) is 0 Å². The predicted molar refractivity (Wildman–Crippen MR) is 481 cm³/mol. The van der Waals surface area contributed by atoms with Crippen molar-refractivity contribution in [3.8, 4) is 0 Å². The Morgan fingerprint density at radius 3 is 0.984 bits per heavy atom. The number of rotatable bonds is 84. The first-order valence-electron chi connectivity index (χ1n) is 49.7. The Morgan fingerprint density at radius 1 is 0.333 bits per heavy atom. The minimum absolute atomic E-state index is 0.0781. The molecule has 14 atom stereocenters. The molecule has 29 heteroatoms. The molecule has 0 aromatic heterocycles. The molecule has 10 N–H and O–H groups in total. The molecule has 2 amide bonds. The van der Waals surface area contributed by atoms with E-state index in [1.807, 2.05) is 0 Å². The molecule has 2 fully saturated rings. The number of amides is 2. The van der Waals surface area contributed by atoms with Gasteiger partial charge in [-0.15, -0.1) is 0 Å². The topological polar surface area (TPSA) is 406 Å². The quantitative estimate of drug-likeness (QED) is 0.0117. The van der Waals surface area contributed by atoms with E-state index in [4.69, 9.17) is 42.2 Å². The van der Waals surface area contributed by atoms with Crippen LogP contribution >= 0.6 is 15.6 Å². The Balaban J connectivity index is 2.84. The summed E-state index contributed by atoms with van der Waals surface area (Å²) in [5, 5.41) is 51.5. The Hall–Kier alpha value is -3.24. The molecule has 724 valence electrons. The van der Waals surface area contributed by atoms with Crippen molar-refractivity contribution in [2.45, 2.75) is 551 Å². The number of phosphoric ester groups is 2. The number of carbonyl (C=O) groups excluding carboxylic acids is 6. The van der Waals surface area contributed by atoms with Crippen LogP contribution in [0.1, 0.15) is 465 Å². The fraction of sp³-hybridized carbons (Fsp3) is 0.936. The molecule has 0 aromatic carbocycles. The average molecular weight is 1800 g/mol. The predicted octanol–water partition coefficient (Wildman–Crippen LogP) is 20.6. The zero-order valence-corrected chi connectivity index (χ0v) is 79.4. The number of hydrogen-bond acceptors (Lipinski definition) is 21. The van der Waals surface area contributed by atoms with Crippen molar-refractivity contribution < 1.29 is 120 Å². The molecular formula is C94H178N2O25P2. The number of aliphatic hydroxyl groups excluding tert-OH is 4. The minimum atomic E-state index is -5.69. The zero-order chi connectivity index (χ0) is 90.4. The fourth-order valence-corrected chi connectivity index (χ4v) is 17.6. The van der Waals surface area contributed by atoms with Crippen LogP contribution in [-0.2, 0) is 80.1 Å². The largest absolute Gasteiger partial charge is 0.472 e. The van der Waals surface area contributed by atoms with Crippen LogP contribution < -0.4 is 10.6 Å². The molecule has 27 nitrogen and oxygen atoms in total. The summed E-state index contributed by atoms with van der Waals surface area (Å²) >= 11 is 0. The monoisotopic (exact) mass is 1800 g/mol. The smallest absolute Gasteiger partial charge is 0.462 e. The van der Waals surface area contributed by atoms with Crippen molar-refractivity contribution in [1.29, 1.82) is 0 Å². The third-order valence-corrected chi connectivity index (χ3v) is 24.9. The summed E-state index contributed by atoms with van der Waals surface area (Å²) in [6.45, 7) is 10.9. The first kappa shape index (κ1) is 116. The lowest BCUT2D eigenvalue weighted by molar-refractivity contribution is -0.297. The van der Waals surface area contributed by atoms with E-state index in [-0.39, 0.29) is 38.5 Å². The number of esters is 4. The number of carbonyl (C=O) groups is 6. The highest BCUT2D eigenvalue weighted by Gasteiger charge is 2.55. The number of phosphoric acid groups is 2. The number of unbranched alkanes of at least 4 members (excludes halogenated alkanes) is 50. The van der Waals surface area contributed by atoms with E-state index in [2.05, 4.69) is 52.2 Å². The highest BCUT2D eigenvalue weighted by molar-refractivity contribution is 7.46. The average Bonchev–Trinajstić information content (AvgIpc) is 0.778. The van der Waals surface area contributed by atoms with Gasteiger partial charge in [0.15, 0.2) is 24.8 Å². The van der Waals surface area contributed by atoms with Crippen molar-refractivity contribution in [1.82, 2.24) is 10.6 Å². The van der Waals surface area contributed by atoms with E-state index in [1.54, 1.807) is 0 Å². The van der Waals surface area contributed by atoms with Gasteiger partial charge in [-0.3, -0.25) is 37.8 Å². The molecule has 0 aromatic rings. The van der Waals surface area contributed by atoms with E-state index in [0.717, 1.165) is 257 Å². The van der Waals surface area contributed by atoms with Gasteiger partial charge in [0.25, 0.3) is 0 Å². The summed E-state index contributed by atoms with van der Waals surface area (Å²) in [7, 11) is -11.4. The molecule has 2 heterocycles. The van der Waals surface area contributed by atoms with E-state index < -0.39 is 176 Å². The van der Waals surface area contributed by atoms with Crippen LogP contribution in [0.15, 0.2) is 0 Å². The van der Waals surface area contributed by atoms with Gasteiger partial charge in [-0.1, -0.05) is 375 Å². The second-order valence-corrected chi connectivity index (χ2v) is 37.9. The van der Waals surface area contributed by atoms with E-state index in [0.29, 0.717) is 38.5 Å². The molecule has 2 aliphatic heterocycles. The van der Waals surface area contributed by atoms with Crippen LogP contribution in [0.4, 0.5) is 0 Å². The SMILES string of the molecule is CCCCCCCCCCCCCC(=O)O[C@H](CCCCCCCCCCC)CC(=O)O[C@@H]1C(NC(=O)C[C@@H](CCCCCCCCCCC)OC(=O)CCCCCCCCCCC)[C@H](OCC2O[C@H](OP(=O)(O)O)C(NC(=O)C[C@H](O)CCCCCCCCCCC)[C@@H](OC(=O)C[C@H](O)CCCCCCCCCCC)[C@@H]2O)OC(CO)[C@H]1OP(=O)(O)O. The van der Waals surface area contributed by atoms with Gasteiger partial charge in [-0.2, -0.15) is 0 Å². The van der Waals surface area contributed by atoms with Gasteiger partial charge >= 0.3 is 39.5 Å². The van der Waals surface area contributed by atoms with E-state index >= 15 is 9.59 Å². The third kappa shape index (κ3) is 61.9. The van der Waals surface area contributed by atoms with Crippen molar-refractivity contribution in [3.63, 3.8) is 0 Å². The highest BCUT2D eigenvalue weighted by Crippen LogP contribution is 2.44. The normalized spacial score (nSPS) is 20.4. The van der Waals surface area contributed by atoms with Crippen LogP contribution in [0, 0.1) is 0 Å². The first-order chi connectivity index (χ1) is 59.3. The van der Waals surface area contributed by atoms with Gasteiger partial charge in [0.1, 0.15) is 48.7 Å². The molecule has 2 saturated heterocycles. The first-order valence-corrected chi connectivity index (χ1v) is 52.8. The van der Waals surface area contributed by atoms with Gasteiger partial charge in [-0.05, 0) is 51.4 Å². The maximum absolute atomic E-state index is 15.2. The summed E-state index contributed by atoms with van der Waals surface area (Å²) in [6, 6.07) is -3.86. The molecule has 0 bridgehead atoms. The lowest BCUT2D eigenvalue weighted by atomic mass is 9.95. The Bertz CT molecular complexity index is 2710. The van der Waals surface area contributed by atoms with Crippen molar-refractivity contribution in [2.75, 3.05) is 13.2 Å². The van der Waals surface area contributed by atoms with Crippen molar-refractivity contribution in [2.24, 2.45) is 0 Å². The maximum Gasteiger partial charge on any atom is 0.472 e. The summed E-state index contributed by atoms with van der Waals surface area (Å²) in [6.07, 6.45) is 34.0. The Morgan fingerprint density at radius 2 is 0.626 bits per heavy atom. The maximum atomic E-state index is 15.2. The van der Waals surface area contributed by atoms with Crippen LogP contribution in [0.3, 0.4) is 0 Å². The minimum Gasteiger partial charge on any atom is -0.462 e. The summed E-state index contributed by atoms with van der Waals surface area (Å²) in [4.78, 5) is 128. The molecule has 0 spiro atoms. The highest BCUT2D eigenvalue weighted by atomic mass is 31.2. The van der Waals surface area contributed by atoms with E-state index in [1.165, 1.54) is 64.2 Å². The molecule has 0 saturated carbocycles. The number of hydrogen-bond donors (Lipinski definition) is 10. The molecular weight excluding hydrogens is 1620 g/mol. The molecule has 2 rings (SSSR count). The zero-order valence-electron chi connectivity index (χ0n) is 77.6. The van der Waals surface area contributed by atoms with Crippen LogP contribution in [0.2, 0.25) is 0 Å². The van der Waals surface area contributed by atoms with Crippen molar-refractivity contribution >= 4 is 51.3 Å². The van der Waals surface area contributed by atoms with Crippen LogP contribution in [-0.4, -0.2) is 175 Å².